The summed E-state index contributed by atoms with van der Waals surface area (Å²) in [7, 11) is 4.84. The van der Waals surface area contributed by atoms with E-state index in [0.29, 0.717) is 18.3 Å². The first kappa shape index (κ1) is 52.4. The van der Waals surface area contributed by atoms with Gasteiger partial charge in [0.05, 0.1) is 55.7 Å². The Balaban J connectivity index is 1.59. The minimum Gasteiger partial charge on any atom is -0.462 e. The molecule has 0 aromatic rings. The molecule has 0 saturated carbocycles. The number of carbonyl (C=O) groups excluding carboxylic acids is 3. The number of aldehydes is 1. The molecule has 3 saturated heterocycles. The summed E-state index contributed by atoms with van der Waals surface area (Å²) in [4.78, 5) is 41.2. The Labute approximate surface area is 365 Å². The summed E-state index contributed by atoms with van der Waals surface area (Å²) in [5.74, 6) is -3.70. The van der Waals surface area contributed by atoms with Gasteiger partial charge in [0.1, 0.15) is 49.0 Å². The van der Waals surface area contributed by atoms with Gasteiger partial charge in [-0.05, 0) is 66.6 Å². The fourth-order valence-corrected chi connectivity index (χ4v) is 9.04. The van der Waals surface area contributed by atoms with E-state index in [-0.39, 0.29) is 38.3 Å². The van der Waals surface area contributed by atoms with Crippen molar-refractivity contribution in [3.05, 3.63) is 23.8 Å². The number of likely N-dealkylation sites (N-methyl/N-ethyl adjacent to an activating group) is 1. The van der Waals surface area contributed by atoms with Gasteiger partial charge in [-0.1, -0.05) is 38.5 Å². The van der Waals surface area contributed by atoms with Gasteiger partial charge in [-0.15, -0.1) is 0 Å². The Hall–Kier alpha value is -2.27. The molecule has 0 bridgehead atoms. The van der Waals surface area contributed by atoms with Crippen LogP contribution in [0.2, 0.25) is 0 Å². The molecule has 4 aliphatic rings. The Morgan fingerprint density at radius 3 is 2.24 bits per heavy atom. The number of aliphatic hydroxyl groups excluding tert-OH is 5. The summed E-state index contributed by atoms with van der Waals surface area (Å²) in [5, 5.41) is 66.0. The lowest BCUT2D eigenvalue weighted by Gasteiger charge is -2.48. The van der Waals surface area contributed by atoms with Crippen LogP contribution in [-0.2, 0) is 52.3 Å². The number of ketones is 1. The highest BCUT2D eigenvalue weighted by atomic mass is 16.7. The van der Waals surface area contributed by atoms with Gasteiger partial charge in [0.2, 0.25) is 0 Å². The second-order valence-corrected chi connectivity index (χ2v) is 18.1. The van der Waals surface area contributed by atoms with Gasteiger partial charge < -0.3 is 78.2 Å². The van der Waals surface area contributed by atoms with Crippen LogP contribution in [0.5, 0.6) is 0 Å². The number of carbonyl (C=O) groups is 3. The van der Waals surface area contributed by atoms with Crippen molar-refractivity contribution < 1.29 is 82.9 Å². The average molecular weight is 888 g/mol. The van der Waals surface area contributed by atoms with E-state index in [0.717, 1.165) is 0 Å². The third kappa shape index (κ3) is 13.2. The zero-order valence-corrected chi connectivity index (χ0v) is 37.9. The molecule has 6 N–H and O–H groups in total. The molecule has 20 atom stereocenters. The van der Waals surface area contributed by atoms with Crippen molar-refractivity contribution in [1.29, 1.82) is 0 Å². The van der Waals surface area contributed by atoms with Gasteiger partial charge in [-0.25, -0.2) is 0 Å². The number of hydrogen-bond donors (Lipinski definition) is 6. The Morgan fingerprint density at radius 1 is 0.935 bits per heavy atom. The number of hydrogen-bond acceptors (Lipinski definition) is 18. The van der Waals surface area contributed by atoms with E-state index >= 15 is 0 Å². The molecule has 0 radical (unpaired) electrons. The van der Waals surface area contributed by atoms with Crippen LogP contribution in [0.25, 0.3) is 0 Å². The quantitative estimate of drug-likeness (QED) is 0.117. The number of methoxy groups -OCH3 is 1. The average Bonchev–Trinajstić information content (AvgIpc) is 3.20. The summed E-state index contributed by atoms with van der Waals surface area (Å²) in [6.07, 6.45) is -9.14. The number of aliphatic hydroxyl groups is 6. The van der Waals surface area contributed by atoms with Gasteiger partial charge in [-0.3, -0.25) is 9.59 Å². The van der Waals surface area contributed by atoms with E-state index in [4.69, 9.17) is 37.9 Å². The zero-order valence-electron chi connectivity index (χ0n) is 37.9. The molecule has 3 fully saturated rings. The number of nitrogens with zero attached hydrogens (tertiary/aromatic N) is 1. The van der Waals surface area contributed by atoms with Crippen LogP contribution in [0, 0.1) is 23.7 Å². The largest absolute Gasteiger partial charge is 0.462 e. The van der Waals surface area contributed by atoms with Gasteiger partial charge >= 0.3 is 5.97 Å². The SMILES string of the molecule is CCC1OC(=O)CC(O)C(C)C(OC2OCC(OC3CC(C)(O)C(O)C(C)O3)C(N(C)C)C2O)C(CC=O)CC(C)C(=O)/C=C\C(C)=CC1COC1OC(C)C(O)C(OC)C1O. The molecule has 4 rings (SSSR count). The molecular formula is C44H73NO17. The lowest BCUT2D eigenvalue weighted by molar-refractivity contribution is -0.326. The molecule has 0 aromatic carbocycles. The maximum Gasteiger partial charge on any atom is 0.308 e. The van der Waals surface area contributed by atoms with Crippen LogP contribution < -0.4 is 0 Å². The molecule has 18 nitrogen and oxygen atoms in total. The monoisotopic (exact) mass is 887 g/mol. The summed E-state index contributed by atoms with van der Waals surface area (Å²) >= 11 is 0. The van der Waals surface area contributed by atoms with E-state index in [2.05, 4.69) is 0 Å². The molecule has 62 heavy (non-hydrogen) atoms. The fourth-order valence-electron chi connectivity index (χ4n) is 9.04. The van der Waals surface area contributed by atoms with Crippen molar-refractivity contribution in [3.8, 4) is 0 Å². The number of allylic oxidation sites excluding steroid dienone is 3. The number of ether oxygens (including phenoxy) is 8. The van der Waals surface area contributed by atoms with Crippen LogP contribution in [0.1, 0.15) is 80.6 Å². The minimum atomic E-state index is -1.48. The van der Waals surface area contributed by atoms with Crippen LogP contribution >= 0.6 is 0 Å². The molecule has 0 aromatic heterocycles. The van der Waals surface area contributed by atoms with Crippen LogP contribution in [0.4, 0.5) is 0 Å². The maximum atomic E-state index is 13.7. The predicted octanol–water partition coefficient (Wildman–Crippen LogP) is 0.791. The first-order valence-corrected chi connectivity index (χ1v) is 21.8. The van der Waals surface area contributed by atoms with E-state index in [1.165, 1.54) is 20.1 Å². The summed E-state index contributed by atoms with van der Waals surface area (Å²) in [6.45, 7) is 11.5. The third-order valence-electron chi connectivity index (χ3n) is 12.8. The van der Waals surface area contributed by atoms with E-state index in [1.807, 2.05) is 6.92 Å². The van der Waals surface area contributed by atoms with E-state index in [1.54, 1.807) is 65.8 Å². The van der Waals surface area contributed by atoms with Crippen molar-refractivity contribution in [2.75, 3.05) is 34.4 Å². The number of rotatable bonds is 12. The molecule has 0 aliphatic carbocycles. The molecule has 4 heterocycles. The highest BCUT2D eigenvalue weighted by Crippen LogP contribution is 2.36. The lowest BCUT2D eigenvalue weighted by Crippen LogP contribution is -2.63. The standard InChI is InChI=1S/C44H73NO17/c1-11-31-28(20-56-43-38(52)40(55-10)36(50)25(5)59-43)16-22(2)12-13-29(47)23(3)17-27(14-15-46)39(24(4)30(48)18-33(49)60-31)62-42-37(51)35(45(8)9)32(21-57-42)61-34-19-44(7,54)41(53)26(6)58-34/h12-13,15-16,23-28,30-32,34-43,48,50-54H,11,14,17-21H2,1-10H3/b13-12-,22-16?. The normalized spacial score (nSPS) is 45.0. The summed E-state index contributed by atoms with van der Waals surface area (Å²) < 4.78 is 47.8. The Bertz CT molecular complexity index is 1510. The number of esters is 1. The summed E-state index contributed by atoms with van der Waals surface area (Å²) in [5.41, 5.74) is -0.833. The highest BCUT2D eigenvalue weighted by Gasteiger charge is 2.49. The highest BCUT2D eigenvalue weighted by molar-refractivity contribution is 5.91. The first-order valence-electron chi connectivity index (χ1n) is 21.8. The maximum absolute atomic E-state index is 13.7. The van der Waals surface area contributed by atoms with Crippen molar-refractivity contribution in [1.82, 2.24) is 4.90 Å². The topological polar surface area (TPSA) is 250 Å². The van der Waals surface area contributed by atoms with Gasteiger partial charge in [0.25, 0.3) is 0 Å². The second-order valence-electron chi connectivity index (χ2n) is 18.1. The molecule has 20 unspecified atom stereocenters. The smallest absolute Gasteiger partial charge is 0.308 e. The molecule has 4 aliphatic heterocycles. The van der Waals surface area contributed by atoms with E-state index in [9.17, 15) is 45.0 Å². The van der Waals surface area contributed by atoms with Gasteiger partial charge in [0.15, 0.2) is 24.7 Å². The Kier molecular flexibility index (Phi) is 19.6. The van der Waals surface area contributed by atoms with Crippen molar-refractivity contribution >= 4 is 18.0 Å². The van der Waals surface area contributed by atoms with E-state index < -0.39 is 134 Å². The van der Waals surface area contributed by atoms with Crippen molar-refractivity contribution in [3.63, 3.8) is 0 Å². The Morgan fingerprint density at radius 2 is 1.63 bits per heavy atom. The van der Waals surface area contributed by atoms with Crippen molar-refractivity contribution in [2.45, 2.75) is 178 Å². The second kappa shape index (κ2) is 23.3. The van der Waals surface area contributed by atoms with Crippen LogP contribution in [-0.4, -0.2) is 186 Å². The molecule has 0 amide bonds. The summed E-state index contributed by atoms with van der Waals surface area (Å²) in [6, 6.07) is -0.732. The van der Waals surface area contributed by atoms with Crippen LogP contribution in [0.3, 0.4) is 0 Å². The molecule has 18 heteroatoms. The minimum absolute atomic E-state index is 0.0339. The van der Waals surface area contributed by atoms with Crippen LogP contribution in [0.15, 0.2) is 23.8 Å². The third-order valence-corrected chi connectivity index (χ3v) is 12.8. The predicted molar refractivity (Wildman–Crippen MR) is 221 cm³/mol. The van der Waals surface area contributed by atoms with Gasteiger partial charge in [-0.2, -0.15) is 0 Å². The zero-order chi connectivity index (χ0) is 46.2. The van der Waals surface area contributed by atoms with Gasteiger partial charge in [0, 0.05) is 37.7 Å². The molecular weight excluding hydrogens is 814 g/mol. The molecule has 0 spiro atoms. The van der Waals surface area contributed by atoms with Crippen molar-refractivity contribution in [2.24, 2.45) is 23.7 Å². The first-order chi connectivity index (χ1) is 29.1. The molecule has 356 valence electrons. The number of cyclic esters (lactones) is 1. The fraction of sp³-hybridized carbons (Fsp3) is 0.841. The lowest BCUT2D eigenvalue weighted by atomic mass is 9.79.